The summed E-state index contributed by atoms with van der Waals surface area (Å²) in [4.78, 5) is 11.0. The summed E-state index contributed by atoms with van der Waals surface area (Å²) >= 11 is 0. The minimum atomic E-state index is -0.778. The Morgan fingerprint density at radius 2 is 2.11 bits per heavy atom. The number of carboxylic acids is 1. The molecule has 1 atom stereocenters. The molecule has 1 fully saturated rings. The zero-order valence-electron chi connectivity index (χ0n) is 11.0. The van der Waals surface area contributed by atoms with Crippen LogP contribution in [0.3, 0.4) is 0 Å². The molecule has 0 heterocycles. The fourth-order valence-corrected chi connectivity index (χ4v) is 2.00. The first-order valence-corrected chi connectivity index (χ1v) is 6.44. The zero-order chi connectivity index (χ0) is 13.7. The van der Waals surface area contributed by atoms with Gasteiger partial charge in [-0.25, -0.2) is 0 Å². The Balaban J connectivity index is 1.75. The van der Waals surface area contributed by atoms with Gasteiger partial charge in [-0.15, -0.1) is 0 Å². The van der Waals surface area contributed by atoms with Gasteiger partial charge in [0, 0.05) is 6.54 Å². The topological polar surface area (TPSA) is 67.8 Å². The highest BCUT2D eigenvalue weighted by atomic mass is 16.5. The second-order valence-corrected chi connectivity index (χ2v) is 4.61. The summed E-state index contributed by atoms with van der Waals surface area (Å²) < 4.78 is 10.7. The van der Waals surface area contributed by atoms with E-state index >= 15 is 0 Å². The summed E-state index contributed by atoms with van der Waals surface area (Å²) in [7, 11) is 1.59. The molecule has 5 heteroatoms. The van der Waals surface area contributed by atoms with Gasteiger partial charge in [-0.2, -0.15) is 0 Å². The number of hydrogen-bond donors (Lipinski definition) is 2. The van der Waals surface area contributed by atoms with Crippen molar-refractivity contribution in [1.29, 1.82) is 0 Å². The molecular formula is C14H19NO4. The molecule has 0 aromatic heterocycles. The van der Waals surface area contributed by atoms with Crippen LogP contribution in [0.5, 0.6) is 11.5 Å². The van der Waals surface area contributed by atoms with Crippen molar-refractivity contribution in [3.05, 3.63) is 24.3 Å². The van der Waals surface area contributed by atoms with Crippen LogP contribution in [0.25, 0.3) is 0 Å². The van der Waals surface area contributed by atoms with E-state index in [1.165, 1.54) is 0 Å². The highest BCUT2D eigenvalue weighted by molar-refractivity contribution is 5.74. The molecule has 19 heavy (non-hydrogen) atoms. The van der Waals surface area contributed by atoms with Crippen molar-refractivity contribution in [2.75, 3.05) is 20.3 Å². The van der Waals surface area contributed by atoms with Crippen LogP contribution in [0.2, 0.25) is 0 Å². The molecule has 1 aliphatic rings. The summed E-state index contributed by atoms with van der Waals surface area (Å²) in [5.41, 5.74) is 0. The van der Waals surface area contributed by atoms with Crippen LogP contribution in [0.1, 0.15) is 12.8 Å². The van der Waals surface area contributed by atoms with Gasteiger partial charge < -0.3 is 19.9 Å². The van der Waals surface area contributed by atoms with Crippen molar-refractivity contribution in [2.24, 2.45) is 5.92 Å². The number of carboxylic acid groups (broad SMARTS) is 1. The summed E-state index contributed by atoms with van der Waals surface area (Å²) in [6.07, 6.45) is 1.99. The van der Waals surface area contributed by atoms with Gasteiger partial charge in [-0.1, -0.05) is 12.1 Å². The fourth-order valence-electron chi connectivity index (χ4n) is 2.00. The van der Waals surface area contributed by atoms with E-state index in [2.05, 4.69) is 5.32 Å². The van der Waals surface area contributed by atoms with Crippen LogP contribution < -0.4 is 14.8 Å². The zero-order valence-corrected chi connectivity index (χ0v) is 11.0. The monoisotopic (exact) mass is 265 g/mol. The van der Waals surface area contributed by atoms with E-state index in [0.29, 0.717) is 24.7 Å². The lowest BCUT2D eigenvalue weighted by Crippen LogP contribution is -2.40. The third kappa shape index (κ3) is 3.86. The average Bonchev–Trinajstić information content (AvgIpc) is 3.23. The largest absolute Gasteiger partial charge is 0.493 e. The maximum absolute atomic E-state index is 11.0. The smallest absolute Gasteiger partial charge is 0.320 e. The first kappa shape index (κ1) is 13.7. The van der Waals surface area contributed by atoms with E-state index in [1.54, 1.807) is 7.11 Å². The third-order valence-electron chi connectivity index (χ3n) is 3.15. The van der Waals surface area contributed by atoms with E-state index in [9.17, 15) is 4.79 Å². The standard InChI is InChI=1S/C14H19NO4/c1-18-11-4-2-3-5-12(11)19-9-8-15-13(14(16)17)10-6-7-10/h2-5,10,13,15H,6-9H2,1H3,(H,16,17). The number of hydrogen-bond acceptors (Lipinski definition) is 4. The number of aliphatic carboxylic acids is 1. The average molecular weight is 265 g/mol. The maximum atomic E-state index is 11.0. The van der Waals surface area contributed by atoms with Gasteiger partial charge in [0.2, 0.25) is 0 Å². The Labute approximate surface area is 112 Å². The quantitative estimate of drug-likeness (QED) is 0.698. The van der Waals surface area contributed by atoms with E-state index in [1.807, 2.05) is 24.3 Å². The molecule has 0 aliphatic heterocycles. The Bertz CT molecular complexity index is 431. The van der Waals surface area contributed by atoms with E-state index < -0.39 is 12.0 Å². The number of ether oxygens (including phenoxy) is 2. The van der Waals surface area contributed by atoms with Crippen molar-refractivity contribution in [3.63, 3.8) is 0 Å². The van der Waals surface area contributed by atoms with Crippen molar-refractivity contribution in [3.8, 4) is 11.5 Å². The van der Waals surface area contributed by atoms with Crippen molar-refractivity contribution >= 4 is 5.97 Å². The summed E-state index contributed by atoms with van der Waals surface area (Å²) in [5, 5.41) is 12.1. The van der Waals surface area contributed by atoms with Crippen LogP contribution in [0, 0.1) is 5.92 Å². The van der Waals surface area contributed by atoms with Crippen LogP contribution in [0.4, 0.5) is 0 Å². The number of para-hydroxylation sites is 2. The third-order valence-corrected chi connectivity index (χ3v) is 3.15. The number of rotatable bonds is 8. The number of nitrogens with one attached hydrogen (secondary N) is 1. The first-order valence-electron chi connectivity index (χ1n) is 6.44. The SMILES string of the molecule is COc1ccccc1OCCNC(C(=O)O)C1CC1. The van der Waals surface area contributed by atoms with Crippen molar-refractivity contribution in [1.82, 2.24) is 5.32 Å². The Kier molecular flexibility index (Phi) is 4.63. The molecule has 2 rings (SSSR count). The van der Waals surface area contributed by atoms with Crippen LogP contribution >= 0.6 is 0 Å². The molecule has 0 bridgehead atoms. The summed E-state index contributed by atoms with van der Waals surface area (Å²) in [5.74, 6) is 0.855. The molecule has 2 N–H and O–H groups in total. The molecule has 1 aromatic carbocycles. The molecule has 0 saturated heterocycles. The molecule has 0 amide bonds. The molecule has 1 aliphatic carbocycles. The van der Waals surface area contributed by atoms with Gasteiger partial charge in [0.25, 0.3) is 0 Å². The maximum Gasteiger partial charge on any atom is 0.320 e. The minimum absolute atomic E-state index is 0.281. The Morgan fingerprint density at radius 1 is 1.42 bits per heavy atom. The lowest BCUT2D eigenvalue weighted by molar-refractivity contribution is -0.140. The van der Waals surface area contributed by atoms with Gasteiger partial charge >= 0.3 is 5.97 Å². The van der Waals surface area contributed by atoms with Crippen molar-refractivity contribution in [2.45, 2.75) is 18.9 Å². The van der Waals surface area contributed by atoms with Crippen molar-refractivity contribution < 1.29 is 19.4 Å². The number of methoxy groups -OCH3 is 1. The summed E-state index contributed by atoms with van der Waals surface area (Å²) in [6.45, 7) is 0.919. The molecule has 1 aromatic rings. The van der Waals surface area contributed by atoms with Gasteiger partial charge in [-0.3, -0.25) is 4.79 Å². The van der Waals surface area contributed by atoms with Gasteiger partial charge in [0.15, 0.2) is 11.5 Å². The Morgan fingerprint density at radius 3 is 2.68 bits per heavy atom. The molecule has 104 valence electrons. The lowest BCUT2D eigenvalue weighted by atomic mass is 10.2. The number of benzene rings is 1. The van der Waals surface area contributed by atoms with Gasteiger partial charge in [-0.05, 0) is 30.9 Å². The van der Waals surface area contributed by atoms with Crippen LogP contribution in [-0.2, 0) is 4.79 Å². The van der Waals surface area contributed by atoms with Gasteiger partial charge in [0.05, 0.1) is 7.11 Å². The Hall–Kier alpha value is -1.75. The lowest BCUT2D eigenvalue weighted by Gasteiger charge is -2.14. The second kappa shape index (κ2) is 6.43. The van der Waals surface area contributed by atoms with E-state index in [4.69, 9.17) is 14.6 Å². The first-order chi connectivity index (χ1) is 9.22. The predicted molar refractivity (Wildman–Crippen MR) is 70.6 cm³/mol. The summed E-state index contributed by atoms with van der Waals surface area (Å²) in [6, 6.07) is 6.95. The highest BCUT2D eigenvalue weighted by Crippen LogP contribution is 2.32. The predicted octanol–water partition coefficient (Wildman–Crippen LogP) is 1.53. The van der Waals surface area contributed by atoms with Crippen LogP contribution in [0.15, 0.2) is 24.3 Å². The molecule has 0 spiro atoms. The molecule has 1 unspecified atom stereocenters. The molecule has 1 saturated carbocycles. The second-order valence-electron chi connectivity index (χ2n) is 4.61. The number of carbonyl (C=O) groups is 1. The highest BCUT2D eigenvalue weighted by Gasteiger charge is 2.35. The normalized spacial score (nSPS) is 15.8. The van der Waals surface area contributed by atoms with E-state index in [0.717, 1.165) is 12.8 Å². The van der Waals surface area contributed by atoms with Crippen LogP contribution in [-0.4, -0.2) is 37.4 Å². The molecule has 5 nitrogen and oxygen atoms in total. The molecule has 0 radical (unpaired) electrons. The van der Waals surface area contributed by atoms with E-state index in [-0.39, 0.29) is 5.92 Å². The van der Waals surface area contributed by atoms with Gasteiger partial charge in [0.1, 0.15) is 12.6 Å². The fraction of sp³-hybridized carbons (Fsp3) is 0.500. The minimum Gasteiger partial charge on any atom is -0.493 e. The molecular weight excluding hydrogens is 246 g/mol.